The molecule has 1 saturated carbocycles. The van der Waals surface area contributed by atoms with E-state index in [-0.39, 0.29) is 11.9 Å². The molecule has 0 amide bonds. The summed E-state index contributed by atoms with van der Waals surface area (Å²) in [5.74, 6) is 0.630. The highest BCUT2D eigenvalue weighted by Gasteiger charge is 2.46. The van der Waals surface area contributed by atoms with Crippen molar-refractivity contribution in [1.29, 1.82) is 0 Å². The van der Waals surface area contributed by atoms with Gasteiger partial charge in [-0.3, -0.25) is 4.79 Å². The quantitative estimate of drug-likeness (QED) is 0.544. The van der Waals surface area contributed by atoms with Crippen molar-refractivity contribution < 1.29 is 14.3 Å². The van der Waals surface area contributed by atoms with Crippen molar-refractivity contribution in [2.24, 2.45) is 17.6 Å². The number of esters is 1. The average molecular weight is 271 g/mol. The van der Waals surface area contributed by atoms with Crippen LogP contribution in [0.3, 0.4) is 0 Å². The van der Waals surface area contributed by atoms with E-state index in [1.54, 1.807) is 0 Å². The van der Waals surface area contributed by atoms with Crippen LogP contribution < -0.4 is 5.73 Å². The second-order valence-electron chi connectivity index (χ2n) is 5.93. The topological polar surface area (TPSA) is 61.5 Å². The number of nitrogens with two attached hydrogens (primary N) is 1. The average Bonchev–Trinajstić information content (AvgIpc) is 2.72. The number of hydrogen-bond donors (Lipinski definition) is 1. The highest BCUT2D eigenvalue weighted by molar-refractivity contribution is 5.81. The second kappa shape index (κ2) is 7.85. The second-order valence-corrected chi connectivity index (χ2v) is 5.93. The molecular formula is C15H29NO3. The predicted molar refractivity (Wildman–Crippen MR) is 75.8 cm³/mol. The molecule has 0 radical (unpaired) electrons. The molecule has 1 aliphatic carbocycles. The zero-order valence-corrected chi connectivity index (χ0v) is 12.6. The van der Waals surface area contributed by atoms with E-state index in [2.05, 4.69) is 13.8 Å². The molecule has 0 spiro atoms. The molecule has 0 bridgehead atoms. The van der Waals surface area contributed by atoms with Gasteiger partial charge in [-0.15, -0.1) is 0 Å². The standard InChI is InChI=1S/C15H29NO3/c1-4-19-14(17)15(16)9-5-6-13(15)8-11-18-10-7-12(2)3/h12-13H,4-11,16H2,1-3H3. The Hall–Kier alpha value is -0.610. The van der Waals surface area contributed by atoms with Crippen LogP contribution in [0.5, 0.6) is 0 Å². The Kier molecular flexibility index (Phi) is 6.80. The Bertz CT molecular complexity index is 281. The first-order valence-corrected chi connectivity index (χ1v) is 7.54. The van der Waals surface area contributed by atoms with Crippen molar-refractivity contribution in [2.75, 3.05) is 19.8 Å². The van der Waals surface area contributed by atoms with E-state index >= 15 is 0 Å². The molecule has 0 aliphatic heterocycles. The largest absolute Gasteiger partial charge is 0.465 e. The van der Waals surface area contributed by atoms with Crippen molar-refractivity contribution in [3.63, 3.8) is 0 Å². The summed E-state index contributed by atoms with van der Waals surface area (Å²) in [6, 6.07) is 0. The van der Waals surface area contributed by atoms with Crippen molar-refractivity contribution in [2.45, 2.75) is 58.4 Å². The van der Waals surface area contributed by atoms with Gasteiger partial charge < -0.3 is 15.2 Å². The van der Waals surface area contributed by atoms with Crippen LogP contribution in [-0.2, 0) is 14.3 Å². The SMILES string of the molecule is CCOC(=O)C1(N)CCCC1CCOCCC(C)C. The van der Waals surface area contributed by atoms with Crippen LogP contribution in [0.2, 0.25) is 0 Å². The first-order chi connectivity index (χ1) is 9.00. The number of hydrogen-bond acceptors (Lipinski definition) is 4. The summed E-state index contributed by atoms with van der Waals surface area (Å²) in [7, 11) is 0. The molecular weight excluding hydrogens is 242 g/mol. The molecule has 1 aliphatic rings. The van der Waals surface area contributed by atoms with E-state index in [1.807, 2.05) is 6.92 Å². The first-order valence-electron chi connectivity index (χ1n) is 7.54. The maximum atomic E-state index is 12.0. The van der Waals surface area contributed by atoms with Crippen LogP contribution >= 0.6 is 0 Å². The molecule has 1 fully saturated rings. The molecule has 19 heavy (non-hydrogen) atoms. The van der Waals surface area contributed by atoms with E-state index in [0.717, 1.165) is 38.7 Å². The highest BCUT2D eigenvalue weighted by Crippen LogP contribution is 2.37. The molecule has 1 rings (SSSR count). The normalized spacial score (nSPS) is 26.9. The van der Waals surface area contributed by atoms with Crippen LogP contribution in [-0.4, -0.2) is 31.3 Å². The van der Waals surface area contributed by atoms with E-state index in [0.29, 0.717) is 19.1 Å². The van der Waals surface area contributed by atoms with Gasteiger partial charge in [-0.2, -0.15) is 0 Å². The third kappa shape index (κ3) is 4.77. The Balaban J connectivity index is 2.33. The fourth-order valence-corrected chi connectivity index (χ4v) is 2.69. The summed E-state index contributed by atoms with van der Waals surface area (Å²) in [5.41, 5.74) is 5.49. The van der Waals surface area contributed by atoms with Gasteiger partial charge in [0.25, 0.3) is 0 Å². The Morgan fingerprint density at radius 1 is 1.42 bits per heavy atom. The van der Waals surface area contributed by atoms with Gasteiger partial charge in [0.05, 0.1) is 6.61 Å². The number of rotatable bonds is 8. The van der Waals surface area contributed by atoms with Gasteiger partial charge in [0.2, 0.25) is 0 Å². The van der Waals surface area contributed by atoms with E-state index in [9.17, 15) is 4.79 Å². The molecule has 2 N–H and O–H groups in total. The van der Waals surface area contributed by atoms with Crippen molar-refractivity contribution >= 4 is 5.97 Å². The number of ether oxygens (including phenoxy) is 2. The lowest BCUT2D eigenvalue weighted by Gasteiger charge is -2.28. The molecule has 4 heteroatoms. The van der Waals surface area contributed by atoms with Crippen LogP contribution in [0, 0.1) is 11.8 Å². The molecule has 0 saturated heterocycles. The zero-order valence-electron chi connectivity index (χ0n) is 12.6. The molecule has 0 heterocycles. The lowest BCUT2D eigenvalue weighted by molar-refractivity contribution is -0.151. The maximum Gasteiger partial charge on any atom is 0.326 e. The van der Waals surface area contributed by atoms with Crippen LogP contribution in [0.1, 0.15) is 52.9 Å². The van der Waals surface area contributed by atoms with Gasteiger partial charge in [0.1, 0.15) is 5.54 Å². The molecule has 2 atom stereocenters. The van der Waals surface area contributed by atoms with E-state index in [1.165, 1.54) is 0 Å². The Morgan fingerprint density at radius 2 is 2.16 bits per heavy atom. The zero-order chi connectivity index (χ0) is 14.3. The molecule has 2 unspecified atom stereocenters. The van der Waals surface area contributed by atoms with E-state index < -0.39 is 5.54 Å². The molecule has 0 aromatic heterocycles. The van der Waals surface area contributed by atoms with Crippen molar-refractivity contribution in [3.05, 3.63) is 0 Å². The molecule has 112 valence electrons. The monoisotopic (exact) mass is 271 g/mol. The van der Waals surface area contributed by atoms with Gasteiger partial charge in [-0.25, -0.2) is 0 Å². The summed E-state index contributed by atoms with van der Waals surface area (Å²) in [5, 5.41) is 0. The predicted octanol–water partition coefficient (Wildman–Crippen LogP) is 2.50. The number of carbonyl (C=O) groups is 1. The third-order valence-electron chi connectivity index (χ3n) is 3.98. The fourth-order valence-electron chi connectivity index (χ4n) is 2.69. The van der Waals surface area contributed by atoms with Gasteiger partial charge in [-0.1, -0.05) is 20.3 Å². The minimum atomic E-state index is -0.780. The van der Waals surface area contributed by atoms with Gasteiger partial charge in [0, 0.05) is 13.2 Å². The van der Waals surface area contributed by atoms with Crippen LogP contribution in [0.25, 0.3) is 0 Å². The van der Waals surface area contributed by atoms with Crippen molar-refractivity contribution in [3.8, 4) is 0 Å². The molecule has 0 aromatic carbocycles. The van der Waals surface area contributed by atoms with Gasteiger partial charge in [-0.05, 0) is 44.4 Å². The third-order valence-corrected chi connectivity index (χ3v) is 3.98. The van der Waals surface area contributed by atoms with Gasteiger partial charge >= 0.3 is 5.97 Å². The smallest absolute Gasteiger partial charge is 0.326 e. The first kappa shape index (κ1) is 16.4. The summed E-state index contributed by atoms with van der Waals surface area (Å²) in [4.78, 5) is 12.0. The minimum Gasteiger partial charge on any atom is -0.465 e. The highest BCUT2D eigenvalue weighted by atomic mass is 16.5. The molecule has 4 nitrogen and oxygen atoms in total. The van der Waals surface area contributed by atoms with Crippen LogP contribution in [0.15, 0.2) is 0 Å². The van der Waals surface area contributed by atoms with Crippen molar-refractivity contribution in [1.82, 2.24) is 0 Å². The lowest BCUT2D eigenvalue weighted by atomic mass is 9.86. The van der Waals surface area contributed by atoms with E-state index in [4.69, 9.17) is 15.2 Å². The Morgan fingerprint density at radius 3 is 2.79 bits per heavy atom. The summed E-state index contributed by atoms with van der Waals surface area (Å²) >= 11 is 0. The minimum absolute atomic E-state index is 0.200. The summed E-state index contributed by atoms with van der Waals surface area (Å²) < 4.78 is 10.7. The maximum absolute atomic E-state index is 12.0. The number of carbonyl (C=O) groups excluding carboxylic acids is 1. The summed E-state index contributed by atoms with van der Waals surface area (Å²) in [6.07, 6.45) is 4.68. The van der Waals surface area contributed by atoms with Gasteiger partial charge in [0.15, 0.2) is 0 Å². The molecule has 0 aromatic rings. The Labute approximate surface area is 117 Å². The lowest BCUT2D eigenvalue weighted by Crippen LogP contribution is -2.52. The van der Waals surface area contributed by atoms with Crippen LogP contribution in [0.4, 0.5) is 0 Å². The summed E-state index contributed by atoms with van der Waals surface area (Å²) in [6.45, 7) is 8.07. The fraction of sp³-hybridized carbons (Fsp3) is 0.933.